The molecule has 6 heteroatoms. The summed E-state index contributed by atoms with van der Waals surface area (Å²) in [6.07, 6.45) is -0.492. The smallest absolute Gasteiger partial charge is 0.411 e. The molecule has 0 bridgehead atoms. The number of hydrogen-bond donors (Lipinski definition) is 1. The van der Waals surface area contributed by atoms with Gasteiger partial charge in [-0.3, -0.25) is 9.69 Å². The lowest BCUT2D eigenvalue weighted by Crippen LogP contribution is -2.29. The molecule has 0 saturated carbocycles. The highest BCUT2D eigenvalue weighted by molar-refractivity contribution is 5.73. The topological polar surface area (TPSA) is 75.8 Å². The Hall–Kier alpha value is -1.30. The molecule has 0 aromatic heterocycles. The highest BCUT2D eigenvalue weighted by Gasteiger charge is 2.52. The number of rotatable bonds is 3. The number of nitrogens with zero attached hydrogens (tertiary/aromatic N) is 1. The molecule has 2 atom stereocenters. The van der Waals surface area contributed by atoms with Crippen LogP contribution in [0, 0.1) is 0 Å². The minimum atomic E-state index is -0.578. The van der Waals surface area contributed by atoms with Crippen LogP contribution in [0.5, 0.6) is 0 Å². The molecule has 1 amide bonds. The molecule has 1 N–H and O–H groups in total. The van der Waals surface area contributed by atoms with Gasteiger partial charge in [0.15, 0.2) is 0 Å². The number of carbonyl (C=O) groups is 2. The summed E-state index contributed by atoms with van der Waals surface area (Å²) in [5.74, 6) is -0.405. The molecule has 1 fully saturated rings. The Balaban J connectivity index is 2.48. The largest absolute Gasteiger partial charge is 0.464 e. The van der Waals surface area contributed by atoms with Crippen molar-refractivity contribution >= 4 is 12.1 Å². The minimum absolute atomic E-state index is 0.0970. The van der Waals surface area contributed by atoms with Crippen molar-refractivity contribution in [2.45, 2.75) is 45.4 Å². The van der Waals surface area contributed by atoms with Crippen molar-refractivity contribution in [1.82, 2.24) is 4.90 Å². The van der Waals surface area contributed by atoms with Crippen LogP contribution in [-0.4, -0.2) is 53.0 Å². The van der Waals surface area contributed by atoms with E-state index in [0.29, 0.717) is 0 Å². The van der Waals surface area contributed by atoms with Crippen molar-refractivity contribution in [1.29, 1.82) is 0 Å². The monoisotopic (exact) mass is 245 g/mol. The predicted molar refractivity (Wildman–Crippen MR) is 59.4 cm³/mol. The Kier molecular flexibility index (Phi) is 3.98. The van der Waals surface area contributed by atoms with Gasteiger partial charge in [-0.25, -0.2) is 4.79 Å². The molecule has 0 aliphatic carbocycles. The summed E-state index contributed by atoms with van der Waals surface area (Å²) >= 11 is 0. The Morgan fingerprint density at radius 2 is 1.88 bits per heavy atom. The fourth-order valence-corrected chi connectivity index (χ4v) is 1.52. The van der Waals surface area contributed by atoms with Crippen LogP contribution in [0.15, 0.2) is 0 Å². The molecular formula is C11H19NO5. The van der Waals surface area contributed by atoms with Gasteiger partial charge in [-0.2, -0.15) is 0 Å². The summed E-state index contributed by atoms with van der Waals surface area (Å²) in [4.78, 5) is 23.7. The molecule has 0 aromatic rings. The van der Waals surface area contributed by atoms with Gasteiger partial charge in [-0.05, 0) is 20.8 Å². The van der Waals surface area contributed by atoms with Gasteiger partial charge in [-0.1, -0.05) is 0 Å². The van der Waals surface area contributed by atoms with Crippen molar-refractivity contribution in [3.63, 3.8) is 0 Å². The van der Waals surface area contributed by atoms with Crippen molar-refractivity contribution < 1.29 is 24.2 Å². The molecular weight excluding hydrogens is 226 g/mol. The lowest BCUT2D eigenvalue weighted by molar-refractivity contribution is -0.141. The maximum atomic E-state index is 11.7. The number of ether oxygens (including phenoxy) is 2. The van der Waals surface area contributed by atoms with Crippen LogP contribution in [0.1, 0.15) is 27.7 Å². The first kappa shape index (κ1) is 13.8. The second kappa shape index (κ2) is 4.91. The summed E-state index contributed by atoms with van der Waals surface area (Å²) in [5.41, 5.74) is -0.578. The fourth-order valence-electron chi connectivity index (χ4n) is 1.52. The van der Waals surface area contributed by atoms with Crippen molar-refractivity contribution in [3.8, 4) is 0 Å². The van der Waals surface area contributed by atoms with Gasteiger partial charge in [0.25, 0.3) is 0 Å². The van der Waals surface area contributed by atoms with E-state index in [-0.39, 0.29) is 25.3 Å². The van der Waals surface area contributed by atoms with Gasteiger partial charge >= 0.3 is 12.1 Å². The molecule has 98 valence electrons. The van der Waals surface area contributed by atoms with E-state index in [2.05, 4.69) is 0 Å². The van der Waals surface area contributed by atoms with Crippen LogP contribution in [0.25, 0.3) is 0 Å². The average molecular weight is 245 g/mol. The summed E-state index contributed by atoms with van der Waals surface area (Å²) < 4.78 is 9.98. The van der Waals surface area contributed by atoms with Crippen LogP contribution in [0.4, 0.5) is 4.79 Å². The molecule has 6 nitrogen and oxygen atoms in total. The number of aliphatic hydroxyl groups is 1. The molecule has 1 rings (SSSR count). The lowest BCUT2D eigenvalue weighted by Gasteiger charge is -2.20. The minimum Gasteiger partial charge on any atom is -0.464 e. The van der Waals surface area contributed by atoms with Gasteiger partial charge in [0.1, 0.15) is 12.2 Å². The molecule has 1 saturated heterocycles. The Labute approximate surface area is 100 Å². The predicted octanol–water partition coefficient (Wildman–Crippen LogP) is 0.530. The molecule has 0 spiro atoms. The van der Waals surface area contributed by atoms with E-state index in [0.717, 1.165) is 0 Å². The van der Waals surface area contributed by atoms with Gasteiger partial charge in [0.05, 0.1) is 18.7 Å². The van der Waals surface area contributed by atoms with Crippen LogP contribution in [0.3, 0.4) is 0 Å². The van der Waals surface area contributed by atoms with Crippen molar-refractivity contribution in [2.24, 2.45) is 0 Å². The number of amides is 1. The van der Waals surface area contributed by atoms with E-state index in [1.807, 2.05) is 0 Å². The first-order valence-corrected chi connectivity index (χ1v) is 5.52. The van der Waals surface area contributed by atoms with Crippen LogP contribution >= 0.6 is 0 Å². The molecule has 0 unspecified atom stereocenters. The van der Waals surface area contributed by atoms with E-state index in [1.165, 1.54) is 11.8 Å². The number of aliphatic hydroxyl groups excluding tert-OH is 1. The zero-order valence-corrected chi connectivity index (χ0v) is 10.6. The third kappa shape index (κ3) is 3.89. The first-order chi connectivity index (χ1) is 7.76. The zero-order valence-electron chi connectivity index (χ0n) is 10.6. The van der Waals surface area contributed by atoms with E-state index >= 15 is 0 Å². The second-order valence-corrected chi connectivity index (χ2v) is 5.01. The van der Waals surface area contributed by atoms with E-state index in [9.17, 15) is 9.59 Å². The van der Waals surface area contributed by atoms with Gasteiger partial charge in [0, 0.05) is 6.92 Å². The fraction of sp³-hybridized carbons (Fsp3) is 0.818. The zero-order chi connectivity index (χ0) is 13.2. The Morgan fingerprint density at radius 3 is 2.29 bits per heavy atom. The van der Waals surface area contributed by atoms with Crippen LogP contribution in [-0.2, 0) is 14.3 Å². The summed E-state index contributed by atoms with van der Waals surface area (Å²) in [5, 5.41) is 9.07. The maximum Gasteiger partial charge on any atom is 0.411 e. The molecule has 17 heavy (non-hydrogen) atoms. The van der Waals surface area contributed by atoms with Crippen molar-refractivity contribution in [3.05, 3.63) is 0 Å². The summed E-state index contributed by atoms with van der Waals surface area (Å²) in [7, 11) is 0. The van der Waals surface area contributed by atoms with Crippen molar-refractivity contribution in [2.75, 3.05) is 13.2 Å². The summed E-state index contributed by atoms with van der Waals surface area (Å²) in [6.45, 7) is 6.54. The highest BCUT2D eigenvalue weighted by Crippen LogP contribution is 2.30. The van der Waals surface area contributed by atoms with E-state index in [4.69, 9.17) is 14.6 Å². The van der Waals surface area contributed by atoms with E-state index < -0.39 is 17.7 Å². The Morgan fingerprint density at radius 1 is 1.29 bits per heavy atom. The number of hydrogen-bond acceptors (Lipinski definition) is 5. The van der Waals surface area contributed by atoms with Gasteiger partial charge in [-0.15, -0.1) is 0 Å². The molecule has 1 heterocycles. The van der Waals surface area contributed by atoms with E-state index in [1.54, 1.807) is 20.8 Å². The maximum absolute atomic E-state index is 11.7. The average Bonchev–Trinajstić information content (AvgIpc) is 2.85. The molecule has 1 aliphatic heterocycles. The molecule has 0 aromatic carbocycles. The summed E-state index contributed by atoms with van der Waals surface area (Å²) in [6, 6.07) is -0.594. The Bertz CT molecular complexity index is 309. The SMILES string of the molecule is CC(=O)OC[C@@H]1[C@H](CO)N1C(=O)OC(C)(C)C. The third-order valence-electron chi connectivity index (χ3n) is 2.32. The highest BCUT2D eigenvalue weighted by atomic mass is 16.6. The van der Waals surface area contributed by atoms with Crippen LogP contribution in [0.2, 0.25) is 0 Å². The number of carbonyl (C=O) groups excluding carboxylic acids is 2. The van der Waals surface area contributed by atoms with Crippen LogP contribution < -0.4 is 0 Å². The van der Waals surface area contributed by atoms with Gasteiger partial charge < -0.3 is 14.6 Å². The lowest BCUT2D eigenvalue weighted by atomic mass is 10.2. The first-order valence-electron chi connectivity index (χ1n) is 5.52. The molecule has 1 aliphatic rings. The molecule has 0 radical (unpaired) electrons. The van der Waals surface area contributed by atoms with Gasteiger partial charge in [0.2, 0.25) is 0 Å². The normalized spacial score (nSPS) is 23.2. The standard InChI is InChI=1S/C11H19NO5/c1-7(14)16-6-9-8(5-13)12(9)10(15)17-11(2,3)4/h8-9,13H,5-6H2,1-4H3/t8-,9+,12?/m0/s1. The second-order valence-electron chi connectivity index (χ2n) is 5.01. The number of esters is 1. The quantitative estimate of drug-likeness (QED) is 0.580. The third-order valence-corrected chi connectivity index (χ3v) is 2.32.